The fourth-order valence-electron chi connectivity index (χ4n) is 3.08. The number of ether oxygens (including phenoxy) is 1. The zero-order valence-corrected chi connectivity index (χ0v) is 14.1. The summed E-state index contributed by atoms with van der Waals surface area (Å²) < 4.78 is 5.62. The van der Waals surface area contributed by atoms with E-state index in [1.165, 1.54) is 18.5 Å². The molecule has 0 saturated carbocycles. The van der Waals surface area contributed by atoms with E-state index in [1.807, 2.05) is 13.1 Å². The quantitative estimate of drug-likeness (QED) is 0.887. The molecule has 0 aliphatic carbocycles. The van der Waals surface area contributed by atoms with Gasteiger partial charge < -0.3 is 4.74 Å². The van der Waals surface area contributed by atoms with Crippen LogP contribution >= 0.6 is 11.3 Å². The number of hydrogen-bond donors (Lipinski definition) is 1. The standard InChI is InChI=1S/C16H24N4OS/c1-3-21-12(2)16-18-14(11-22-16)10-20-8-4-5-13(9-20)15-6-7-17-19-15/h6-7,11-13H,3-5,8-10H2,1-2H3,(H,17,19)/t12-,13+/m0/s1. The first-order valence-corrected chi connectivity index (χ1v) is 8.91. The van der Waals surface area contributed by atoms with Gasteiger partial charge in [-0.25, -0.2) is 4.98 Å². The highest BCUT2D eigenvalue weighted by Crippen LogP contribution is 2.27. The molecule has 22 heavy (non-hydrogen) atoms. The van der Waals surface area contributed by atoms with Crippen LogP contribution in [0.3, 0.4) is 0 Å². The summed E-state index contributed by atoms with van der Waals surface area (Å²) >= 11 is 1.71. The Morgan fingerprint density at radius 2 is 2.45 bits per heavy atom. The molecular formula is C16H24N4OS. The van der Waals surface area contributed by atoms with E-state index in [-0.39, 0.29) is 6.10 Å². The third-order valence-corrected chi connectivity index (χ3v) is 5.24. The van der Waals surface area contributed by atoms with Crippen LogP contribution in [0, 0.1) is 0 Å². The highest BCUT2D eigenvalue weighted by atomic mass is 32.1. The average molecular weight is 320 g/mol. The van der Waals surface area contributed by atoms with E-state index in [1.54, 1.807) is 11.3 Å². The van der Waals surface area contributed by atoms with Crippen molar-refractivity contribution in [2.75, 3.05) is 19.7 Å². The number of nitrogens with one attached hydrogen (secondary N) is 1. The molecule has 0 amide bonds. The summed E-state index contributed by atoms with van der Waals surface area (Å²) in [5, 5.41) is 10.4. The number of nitrogens with zero attached hydrogens (tertiary/aromatic N) is 3. The van der Waals surface area contributed by atoms with Gasteiger partial charge in [0.2, 0.25) is 0 Å². The summed E-state index contributed by atoms with van der Waals surface area (Å²) in [7, 11) is 0. The minimum atomic E-state index is 0.0999. The lowest BCUT2D eigenvalue weighted by Gasteiger charge is -2.31. The molecule has 2 atom stereocenters. The summed E-state index contributed by atoms with van der Waals surface area (Å²) in [6.07, 6.45) is 4.41. The molecule has 1 fully saturated rings. The average Bonchev–Trinajstić information content (AvgIpc) is 3.19. The van der Waals surface area contributed by atoms with Crippen molar-refractivity contribution in [3.05, 3.63) is 34.0 Å². The van der Waals surface area contributed by atoms with Crippen LogP contribution in [0.15, 0.2) is 17.6 Å². The minimum Gasteiger partial charge on any atom is -0.372 e. The smallest absolute Gasteiger partial charge is 0.122 e. The van der Waals surface area contributed by atoms with E-state index in [2.05, 4.69) is 33.5 Å². The number of rotatable bonds is 6. The highest BCUT2D eigenvalue weighted by Gasteiger charge is 2.23. The zero-order chi connectivity index (χ0) is 15.4. The molecule has 0 unspecified atom stereocenters. The van der Waals surface area contributed by atoms with Gasteiger partial charge in [0.1, 0.15) is 11.1 Å². The maximum absolute atomic E-state index is 5.62. The maximum atomic E-state index is 5.62. The van der Waals surface area contributed by atoms with Gasteiger partial charge in [0.05, 0.1) is 5.69 Å². The number of hydrogen-bond acceptors (Lipinski definition) is 5. The molecule has 6 heteroatoms. The lowest BCUT2D eigenvalue weighted by atomic mass is 9.95. The first kappa shape index (κ1) is 15.6. The van der Waals surface area contributed by atoms with Crippen molar-refractivity contribution < 1.29 is 4.74 Å². The normalized spacial score (nSPS) is 21.1. The van der Waals surface area contributed by atoms with Crippen LogP contribution in [-0.2, 0) is 11.3 Å². The first-order chi connectivity index (χ1) is 10.8. The Morgan fingerprint density at radius 3 is 3.23 bits per heavy atom. The summed E-state index contributed by atoms with van der Waals surface area (Å²) in [5.41, 5.74) is 2.42. The summed E-state index contributed by atoms with van der Waals surface area (Å²) in [4.78, 5) is 7.24. The van der Waals surface area contributed by atoms with Crippen LogP contribution < -0.4 is 0 Å². The van der Waals surface area contributed by atoms with Gasteiger partial charge in [-0.3, -0.25) is 10.00 Å². The summed E-state index contributed by atoms with van der Waals surface area (Å²) in [6.45, 7) is 7.98. The van der Waals surface area contributed by atoms with Crippen molar-refractivity contribution in [2.45, 2.75) is 45.3 Å². The second-order valence-corrected chi connectivity index (χ2v) is 6.75. The van der Waals surface area contributed by atoms with Crippen molar-refractivity contribution in [1.82, 2.24) is 20.1 Å². The third kappa shape index (κ3) is 3.74. The van der Waals surface area contributed by atoms with Crippen LogP contribution in [0.2, 0.25) is 0 Å². The molecule has 0 aromatic carbocycles. The number of piperidine rings is 1. The van der Waals surface area contributed by atoms with Crippen LogP contribution in [0.5, 0.6) is 0 Å². The molecule has 2 aromatic heterocycles. The molecule has 0 radical (unpaired) electrons. The number of likely N-dealkylation sites (tertiary alicyclic amines) is 1. The van der Waals surface area contributed by atoms with Crippen molar-refractivity contribution >= 4 is 11.3 Å². The Bertz CT molecular complexity index is 568. The van der Waals surface area contributed by atoms with Gasteiger partial charge in [0.15, 0.2) is 0 Å². The Kier molecular flexibility index (Phi) is 5.23. The third-order valence-electron chi connectivity index (χ3n) is 4.19. The topological polar surface area (TPSA) is 54.0 Å². The number of aromatic amines is 1. The predicted octanol–water partition coefficient (Wildman–Crippen LogP) is 3.34. The van der Waals surface area contributed by atoms with Crippen molar-refractivity contribution in [1.29, 1.82) is 0 Å². The van der Waals surface area contributed by atoms with E-state index < -0.39 is 0 Å². The number of thiazole rings is 1. The molecular weight excluding hydrogens is 296 g/mol. The Hall–Kier alpha value is -1.24. The Balaban J connectivity index is 1.58. The van der Waals surface area contributed by atoms with Gasteiger partial charge in [-0.05, 0) is 39.3 Å². The van der Waals surface area contributed by atoms with Crippen molar-refractivity contribution in [2.24, 2.45) is 0 Å². The van der Waals surface area contributed by atoms with Crippen LogP contribution in [0.25, 0.3) is 0 Å². The molecule has 3 rings (SSSR count). The first-order valence-electron chi connectivity index (χ1n) is 8.03. The van der Waals surface area contributed by atoms with Crippen LogP contribution in [-0.4, -0.2) is 39.8 Å². The van der Waals surface area contributed by atoms with Gasteiger partial charge in [-0.2, -0.15) is 5.10 Å². The minimum absolute atomic E-state index is 0.0999. The largest absolute Gasteiger partial charge is 0.372 e. The zero-order valence-electron chi connectivity index (χ0n) is 13.3. The molecule has 1 N–H and O–H groups in total. The fourth-order valence-corrected chi connectivity index (χ4v) is 3.89. The van der Waals surface area contributed by atoms with Crippen molar-refractivity contribution in [3.63, 3.8) is 0 Å². The SMILES string of the molecule is CCO[C@@H](C)c1nc(CN2CCC[C@@H](c3ccn[nH]3)C2)cs1. The van der Waals surface area contributed by atoms with E-state index in [0.29, 0.717) is 5.92 Å². The van der Waals surface area contributed by atoms with Gasteiger partial charge in [0.25, 0.3) is 0 Å². The molecule has 0 spiro atoms. The van der Waals surface area contributed by atoms with Gasteiger partial charge in [-0.1, -0.05) is 0 Å². The monoisotopic (exact) mass is 320 g/mol. The van der Waals surface area contributed by atoms with E-state index in [0.717, 1.165) is 36.9 Å². The van der Waals surface area contributed by atoms with Gasteiger partial charge >= 0.3 is 0 Å². The van der Waals surface area contributed by atoms with Crippen LogP contribution in [0.4, 0.5) is 0 Å². The highest BCUT2D eigenvalue weighted by molar-refractivity contribution is 7.09. The molecule has 1 aliphatic heterocycles. The van der Waals surface area contributed by atoms with E-state index >= 15 is 0 Å². The van der Waals surface area contributed by atoms with Gasteiger partial charge in [-0.15, -0.1) is 11.3 Å². The Morgan fingerprint density at radius 1 is 1.55 bits per heavy atom. The molecule has 1 aliphatic rings. The Labute approximate surface area is 135 Å². The van der Waals surface area contributed by atoms with Crippen molar-refractivity contribution in [3.8, 4) is 0 Å². The summed E-state index contributed by atoms with van der Waals surface area (Å²) in [5.74, 6) is 0.566. The lowest BCUT2D eigenvalue weighted by molar-refractivity contribution is 0.0759. The second-order valence-electron chi connectivity index (χ2n) is 5.86. The number of aromatic nitrogens is 3. The summed E-state index contributed by atoms with van der Waals surface area (Å²) in [6, 6.07) is 2.10. The fraction of sp³-hybridized carbons (Fsp3) is 0.625. The molecule has 5 nitrogen and oxygen atoms in total. The maximum Gasteiger partial charge on any atom is 0.122 e. The lowest BCUT2D eigenvalue weighted by Crippen LogP contribution is -2.34. The molecule has 0 bridgehead atoms. The molecule has 1 saturated heterocycles. The predicted molar refractivity (Wildman–Crippen MR) is 88.0 cm³/mol. The molecule has 2 aromatic rings. The van der Waals surface area contributed by atoms with Gasteiger partial charge in [0, 0.05) is 42.9 Å². The second kappa shape index (κ2) is 7.35. The van der Waals surface area contributed by atoms with E-state index in [4.69, 9.17) is 9.72 Å². The number of H-pyrrole nitrogens is 1. The molecule has 120 valence electrons. The van der Waals surface area contributed by atoms with E-state index in [9.17, 15) is 0 Å². The molecule has 3 heterocycles. The van der Waals surface area contributed by atoms with Crippen LogP contribution in [0.1, 0.15) is 55.1 Å².